The molecule has 1 fully saturated rings. The topological polar surface area (TPSA) is 59.0 Å². The highest BCUT2D eigenvalue weighted by atomic mass is 16.5. The summed E-state index contributed by atoms with van der Waals surface area (Å²) < 4.78 is 10.4. The molecule has 1 N–H and O–H groups in total. The number of methoxy groups -OCH3 is 1. The monoisotopic (exact) mass is 317 g/mol. The summed E-state index contributed by atoms with van der Waals surface area (Å²) in [6.07, 6.45) is 2.16. The summed E-state index contributed by atoms with van der Waals surface area (Å²) in [6.45, 7) is 4.24. The van der Waals surface area contributed by atoms with Gasteiger partial charge in [-0.2, -0.15) is 0 Å². The van der Waals surface area contributed by atoms with Crippen LogP contribution in [0.15, 0.2) is 18.2 Å². The molecule has 0 amide bonds. The van der Waals surface area contributed by atoms with E-state index in [0.717, 1.165) is 18.8 Å². The van der Waals surface area contributed by atoms with Crippen molar-refractivity contribution in [2.24, 2.45) is 5.92 Å². The van der Waals surface area contributed by atoms with Gasteiger partial charge in [-0.25, -0.2) is 0 Å². The maximum Gasteiger partial charge on any atom is 0.312 e. The number of carbonyl (C=O) groups excluding carboxylic acids is 1. The molecule has 0 bridgehead atoms. The highest BCUT2D eigenvalue weighted by Crippen LogP contribution is 2.36. The van der Waals surface area contributed by atoms with Gasteiger partial charge in [0.25, 0.3) is 0 Å². The van der Waals surface area contributed by atoms with Gasteiger partial charge in [-0.05, 0) is 48.3 Å². The molecule has 1 aliphatic heterocycles. The highest BCUT2D eigenvalue weighted by Gasteiger charge is 2.35. The molecule has 1 aromatic carbocycles. The minimum absolute atomic E-state index is 0.297. The summed E-state index contributed by atoms with van der Waals surface area (Å²) in [7, 11) is 1.67. The number of aliphatic hydroxyl groups is 1. The molecular weight excluding hydrogens is 294 g/mol. The average Bonchev–Trinajstić information content (AvgIpc) is 2.54. The van der Waals surface area contributed by atoms with Crippen LogP contribution in [0.4, 0.5) is 0 Å². The molecule has 5 heteroatoms. The van der Waals surface area contributed by atoms with Crippen LogP contribution in [0.25, 0.3) is 11.6 Å². The van der Waals surface area contributed by atoms with E-state index in [0.29, 0.717) is 19.6 Å². The van der Waals surface area contributed by atoms with Gasteiger partial charge in [-0.3, -0.25) is 9.69 Å². The second-order valence-electron chi connectivity index (χ2n) is 6.07. The third-order valence-corrected chi connectivity index (χ3v) is 4.58. The van der Waals surface area contributed by atoms with Crippen LogP contribution >= 0.6 is 0 Å². The predicted molar refractivity (Wildman–Crippen MR) is 88.1 cm³/mol. The molecule has 1 aromatic rings. The zero-order valence-corrected chi connectivity index (χ0v) is 13.6. The van der Waals surface area contributed by atoms with Gasteiger partial charge in [-0.15, -0.1) is 0 Å². The van der Waals surface area contributed by atoms with Gasteiger partial charge in [0.05, 0.1) is 25.7 Å². The maximum atomic E-state index is 12.0. The molecule has 0 spiro atoms. The smallest absolute Gasteiger partial charge is 0.312 e. The van der Waals surface area contributed by atoms with E-state index in [1.54, 1.807) is 14.0 Å². The van der Waals surface area contributed by atoms with Gasteiger partial charge < -0.3 is 14.6 Å². The second-order valence-corrected chi connectivity index (χ2v) is 6.07. The molecule has 23 heavy (non-hydrogen) atoms. The lowest BCUT2D eigenvalue weighted by atomic mass is 9.87. The summed E-state index contributed by atoms with van der Waals surface area (Å²) in [5.74, 6) is 0.108. The first kappa shape index (κ1) is 16.0. The van der Waals surface area contributed by atoms with Crippen LogP contribution in [0, 0.1) is 5.92 Å². The Balaban J connectivity index is 1.63. The minimum atomic E-state index is -0.604. The SMILES string of the molecule is CCOC(=O)[C@@H]1CN(CC2=Cc3ccc(OC)cc32)CC[C@H]1O. The van der Waals surface area contributed by atoms with Crippen molar-refractivity contribution in [2.75, 3.05) is 33.4 Å². The number of benzene rings is 1. The molecular formula is C18H23NO4. The Morgan fingerprint density at radius 3 is 3.00 bits per heavy atom. The van der Waals surface area contributed by atoms with Gasteiger partial charge in [-0.1, -0.05) is 6.07 Å². The number of nitrogens with zero attached hydrogens (tertiary/aromatic N) is 1. The molecule has 3 rings (SSSR count). The van der Waals surface area contributed by atoms with Crippen LogP contribution in [0.1, 0.15) is 24.5 Å². The summed E-state index contributed by atoms with van der Waals surface area (Å²) >= 11 is 0. The lowest BCUT2D eigenvalue weighted by molar-refractivity contribution is -0.155. The highest BCUT2D eigenvalue weighted by molar-refractivity contribution is 5.96. The molecule has 2 aliphatic rings. The molecule has 1 heterocycles. The Bertz CT molecular complexity index is 625. The Morgan fingerprint density at radius 2 is 2.26 bits per heavy atom. The normalized spacial score (nSPS) is 23.5. The summed E-state index contributed by atoms with van der Waals surface area (Å²) in [6, 6.07) is 6.06. The first-order chi connectivity index (χ1) is 11.1. The Morgan fingerprint density at radius 1 is 1.43 bits per heavy atom. The number of aliphatic hydroxyl groups excluding tert-OH is 1. The number of hydrogen-bond donors (Lipinski definition) is 1. The van der Waals surface area contributed by atoms with E-state index in [1.807, 2.05) is 12.1 Å². The van der Waals surface area contributed by atoms with Crippen molar-refractivity contribution in [3.63, 3.8) is 0 Å². The van der Waals surface area contributed by atoms with E-state index >= 15 is 0 Å². The number of carbonyl (C=O) groups is 1. The van der Waals surface area contributed by atoms with Gasteiger partial charge in [0, 0.05) is 19.6 Å². The van der Waals surface area contributed by atoms with Crippen LogP contribution < -0.4 is 4.74 Å². The first-order valence-electron chi connectivity index (χ1n) is 8.08. The number of rotatable bonds is 5. The van der Waals surface area contributed by atoms with Gasteiger partial charge in [0.2, 0.25) is 0 Å². The van der Waals surface area contributed by atoms with Crippen LogP contribution in [-0.2, 0) is 9.53 Å². The molecule has 1 aliphatic carbocycles. The summed E-state index contributed by atoms with van der Waals surface area (Å²) in [4.78, 5) is 14.2. The number of hydrogen-bond acceptors (Lipinski definition) is 5. The van der Waals surface area contributed by atoms with E-state index in [-0.39, 0.29) is 5.97 Å². The van der Waals surface area contributed by atoms with Crippen molar-refractivity contribution in [1.82, 2.24) is 4.90 Å². The second kappa shape index (κ2) is 6.72. The minimum Gasteiger partial charge on any atom is -0.497 e. The van der Waals surface area contributed by atoms with Gasteiger partial charge in [0.1, 0.15) is 5.75 Å². The standard InChI is InChI=1S/C18H23NO4/c1-3-23-18(21)16-11-19(7-6-17(16)20)10-13-8-12-4-5-14(22-2)9-15(12)13/h4-5,8-9,16-17,20H,3,6-7,10-11H2,1-2H3/t16-,17-/m1/s1. The summed E-state index contributed by atoms with van der Waals surface area (Å²) in [5, 5.41) is 10.1. The van der Waals surface area contributed by atoms with Crippen molar-refractivity contribution in [3.05, 3.63) is 29.3 Å². The van der Waals surface area contributed by atoms with Gasteiger partial charge in [0.15, 0.2) is 0 Å². The fraction of sp³-hybridized carbons (Fsp3) is 0.500. The largest absolute Gasteiger partial charge is 0.497 e. The predicted octanol–water partition coefficient (Wildman–Crippen LogP) is 1.80. The number of piperidine rings is 1. The van der Waals surface area contributed by atoms with Crippen molar-refractivity contribution in [3.8, 4) is 5.75 Å². The molecule has 0 aromatic heterocycles. The zero-order chi connectivity index (χ0) is 16.4. The summed E-state index contributed by atoms with van der Waals surface area (Å²) in [5.41, 5.74) is 3.68. The van der Waals surface area contributed by atoms with Crippen molar-refractivity contribution in [1.29, 1.82) is 0 Å². The van der Waals surface area contributed by atoms with E-state index in [4.69, 9.17) is 9.47 Å². The molecule has 0 radical (unpaired) electrons. The molecule has 124 valence electrons. The number of likely N-dealkylation sites (tertiary alicyclic amines) is 1. The number of ether oxygens (including phenoxy) is 2. The fourth-order valence-corrected chi connectivity index (χ4v) is 3.26. The Kier molecular flexibility index (Phi) is 4.68. The van der Waals surface area contributed by atoms with Crippen LogP contribution in [0.2, 0.25) is 0 Å². The molecule has 0 saturated carbocycles. The first-order valence-corrected chi connectivity index (χ1v) is 8.08. The van der Waals surface area contributed by atoms with E-state index in [9.17, 15) is 9.90 Å². The number of esters is 1. The van der Waals surface area contributed by atoms with Gasteiger partial charge >= 0.3 is 5.97 Å². The van der Waals surface area contributed by atoms with Crippen molar-refractivity contribution in [2.45, 2.75) is 19.4 Å². The molecule has 0 unspecified atom stereocenters. The van der Waals surface area contributed by atoms with E-state index in [1.165, 1.54) is 16.7 Å². The molecule has 2 atom stereocenters. The lowest BCUT2D eigenvalue weighted by Gasteiger charge is -2.36. The quantitative estimate of drug-likeness (QED) is 0.839. The maximum absolute atomic E-state index is 12.0. The third kappa shape index (κ3) is 3.26. The van der Waals surface area contributed by atoms with Crippen molar-refractivity contribution < 1.29 is 19.4 Å². The lowest BCUT2D eigenvalue weighted by Crippen LogP contribution is -2.47. The van der Waals surface area contributed by atoms with Crippen molar-refractivity contribution >= 4 is 17.6 Å². The van der Waals surface area contributed by atoms with Crippen LogP contribution in [0.5, 0.6) is 5.75 Å². The average molecular weight is 317 g/mol. The van der Waals surface area contributed by atoms with E-state index < -0.39 is 12.0 Å². The Labute approximate surface area is 136 Å². The third-order valence-electron chi connectivity index (χ3n) is 4.58. The van der Waals surface area contributed by atoms with Crippen LogP contribution in [0.3, 0.4) is 0 Å². The molecule has 1 saturated heterocycles. The number of fused-ring (bicyclic) bond motifs is 1. The van der Waals surface area contributed by atoms with Crippen LogP contribution in [-0.4, -0.2) is 55.4 Å². The fourth-order valence-electron chi connectivity index (χ4n) is 3.26. The zero-order valence-electron chi connectivity index (χ0n) is 13.6. The molecule has 5 nitrogen and oxygen atoms in total. The Hall–Kier alpha value is -1.85. The van der Waals surface area contributed by atoms with E-state index in [2.05, 4.69) is 17.0 Å².